The van der Waals surface area contributed by atoms with Crippen LogP contribution in [0.1, 0.15) is 35.4 Å². The summed E-state index contributed by atoms with van der Waals surface area (Å²) in [6.07, 6.45) is 6.44. The van der Waals surface area contributed by atoms with Crippen LogP contribution in [0.4, 0.5) is 0 Å². The first-order chi connectivity index (χ1) is 12.0. The number of fused-ring (bicyclic) bond motifs is 2. The number of ether oxygens (including phenoxy) is 1. The maximum Gasteiger partial charge on any atom is 0.274 e. The molecular weight excluding hydrogens is 320 g/mol. The molecule has 25 heavy (non-hydrogen) atoms. The summed E-state index contributed by atoms with van der Waals surface area (Å²) in [5.74, 6) is 0.480. The van der Waals surface area contributed by atoms with Crippen molar-refractivity contribution in [3.8, 4) is 0 Å². The summed E-state index contributed by atoms with van der Waals surface area (Å²) in [6.45, 7) is 3.28. The van der Waals surface area contributed by atoms with E-state index in [1.54, 1.807) is 31.4 Å². The van der Waals surface area contributed by atoms with Crippen LogP contribution in [-0.4, -0.2) is 71.5 Å². The molecule has 1 aromatic heterocycles. The molecule has 1 aliphatic heterocycles. The molecule has 0 N–H and O–H groups in total. The number of aromatic nitrogens is 2. The number of carbonyl (C=O) groups is 2. The zero-order valence-electron chi connectivity index (χ0n) is 15.1. The van der Waals surface area contributed by atoms with Crippen molar-refractivity contribution in [2.24, 2.45) is 11.8 Å². The minimum Gasteiger partial charge on any atom is -0.368 e. The maximum atomic E-state index is 12.7. The third kappa shape index (κ3) is 3.98. The van der Waals surface area contributed by atoms with E-state index in [2.05, 4.69) is 9.97 Å². The minimum absolute atomic E-state index is 0.0218. The van der Waals surface area contributed by atoms with E-state index in [1.165, 1.54) is 0 Å². The Kier molecular flexibility index (Phi) is 5.32. The van der Waals surface area contributed by atoms with E-state index in [1.807, 2.05) is 11.8 Å². The fraction of sp³-hybridized carbons (Fsp3) is 0.667. The zero-order valence-corrected chi connectivity index (χ0v) is 15.1. The SMILES string of the molecule is Cc1cnc(C(=O)N2CC3CCCC(C2)C3OCC(=O)N(C)C)cn1. The van der Waals surface area contributed by atoms with Gasteiger partial charge in [-0.2, -0.15) is 0 Å². The Morgan fingerprint density at radius 1 is 1.20 bits per heavy atom. The van der Waals surface area contributed by atoms with Crippen molar-refractivity contribution in [3.05, 3.63) is 23.8 Å². The lowest BCUT2D eigenvalue weighted by Gasteiger charge is -2.46. The van der Waals surface area contributed by atoms with Crippen molar-refractivity contribution in [1.29, 1.82) is 0 Å². The monoisotopic (exact) mass is 346 g/mol. The van der Waals surface area contributed by atoms with E-state index >= 15 is 0 Å². The minimum atomic E-state index is -0.0628. The molecule has 2 amide bonds. The van der Waals surface area contributed by atoms with Gasteiger partial charge in [0, 0.05) is 45.2 Å². The molecule has 1 saturated carbocycles. The van der Waals surface area contributed by atoms with Gasteiger partial charge >= 0.3 is 0 Å². The fourth-order valence-corrected chi connectivity index (χ4v) is 3.79. The van der Waals surface area contributed by atoms with Gasteiger partial charge in [0.1, 0.15) is 12.3 Å². The molecule has 0 spiro atoms. The van der Waals surface area contributed by atoms with Crippen LogP contribution in [0.15, 0.2) is 12.4 Å². The third-order valence-electron chi connectivity index (χ3n) is 5.17. The Bertz CT molecular complexity index is 618. The second kappa shape index (κ2) is 7.47. The molecule has 0 aromatic carbocycles. The lowest BCUT2D eigenvalue weighted by atomic mass is 9.75. The largest absolute Gasteiger partial charge is 0.368 e. The van der Waals surface area contributed by atoms with Gasteiger partial charge in [0.25, 0.3) is 5.91 Å². The number of amides is 2. The van der Waals surface area contributed by atoms with Crippen LogP contribution in [0.25, 0.3) is 0 Å². The van der Waals surface area contributed by atoms with Crippen molar-refractivity contribution < 1.29 is 14.3 Å². The molecule has 7 nitrogen and oxygen atoms in total. The van der Waals surface area contributed by atoms with Crippen LogP contribution in [-0.2, 0) is 9.53 Å². The van der Waals surface area contributed by atoms with Gasteiger partial charge in [-0.3, -0.25) is 14.6 Å². The predicted octanol–water partition coefficient (Wildman–Crippen LogP) is 1.13. The van der Waals surface area contributed by atoms with E-state index in [9.17, 15) is 9.59 Å². The number of likely N-dealkylation sites (tertiary alicyclic amines) is 1. The molecule has 2 atom stereocenters. The Labute approximate surface area is 148 Å². The van der Waals surface area contributed by atoms with Crippen molar-refractivity contribution >= 4 is 11.8 Å². The molecule has 1 saturated heterocycles. The number of hydrogen-bond acceptors (Lipinski definition) is 5. The maximum absolute atomic E-state index is 12.7. The van der Waals surface area contributed by atoms with Gasteiger partial charge in [0.2, 0.25) is 5.91 Å². The standard InChI is InChI=1S/C18H26N4O3/c1-12-7-20-15(8-19-12)18(24)22-9-13-5-4-6-14(10-22)17(13)25-11-16(23)21(2)3/h7-8,13-14,17H,4-6,9-11H2,1-3H3. The highest BCUT2D eigenvalue weighted by Crippen LogP contribution is 2.37. The summed E-state index contributed by atoms with van der Waals surface area (Å²) in [4.78, 5) is 36.3. The van der Waals surface area contributed by atoms with Crippen LogP contribution >= 0.6 is 0 Å². The number of rotatable bonds is 4. The van der Waals surface area contributed by atoms with Gasteiger partial charge < -0.3 is 14.5 Å². The third-order valence-corrected chi connectivity index (χ3v) is 5.17. The van der Waals surface area contributed by atoms with Crippen LogP contribution in [0.2, 0.25) is 0 Å². The Morgan fingerprint density at radius 2 is 1.88 bits per heavy atom. The first-order valence-electron chi connectivity index (χ1n) is 8.85. The van der Waals surface area contributed by atoms with Gasteiger partial charge in [-0.15, -0.1) is 0 Å². The highest BCUT2D eigenvalue weighted by atomic mass is 16.5. The highest BCUT2D eigenvalue weighted by Gasteiger charge is 2.42. The molecule has 0 radical (unpaired) electrons. The normalized spacial score (nSPS) is 25.6. The van der Waals surface area contributed by atoms with E-state index in [4.69, 9.17) is 4.74 Å². The van der Waals surface area contributed by atoms with Crippen LogP contribution in [0.5, 0.6) is 0 Å². The van der Waals surface area contributed by atoms with Crippen molar-refractivity contribution in [1.82, 2.24) is 19.8 Å². The summed E-state index contributed by atoms with van der Waals surface area (Å²) in [5.41, 5.74) is 1.19. The van der Waals surface area contributed by atoms with E-state index in [-0.39, 0.29) is 36.4 Å². The first-order valence-corrected chi connectivity index (χ1v) is 8.85. The molecule has 136 valence electrons. The summed E-state index contributed by atoms with van der Waals surface area (Å²) in [7, 11) is 3.47. The summed E-state index contributed by atoms with van der Waals surface area (Å²) < 4.78 is 5.97. The Morgan fingerprint density at radius 3 is 2.44 bits per heavy atom. The van der Waals surface area contributed by atoms with Crippen LogP contribution in [0, 0.1) is 18.8 Å². The van der Waals surface area contributed by atoms with Crippen LogP contribution in [0.3, 0.4) is 0 Å². The zero-order chi connectivity index (χ0) is 18.0. The van der Waals surface area contributed by atoms with Crippen molar-refractivity contribution in [2.45, 2.75) is 32.3 Å². The first kappa shape index (κ1) is 17.8. The average Bonchev–Trinajstić information content (AvgIpc) is 2.58. The number of likely N-dealkylation sites (N-methyl/N-ethyl adjacent to an activating group) is 1. The quantitative estimate of drug-likeness (QED) is 0.817. The van der Waals surface area contributed by atoms with Gasteiger partial charge in [-0.05, 0) is 19.8 Å². The van der Waals surface area contributed by atoms with Gasteiger partial charge in [0.05, 0.1) is 18.0 Å². The molecular formula is C18H26N4O3. The Balaban J connectivity index is 1.65. The number of carbonyl (C=O) groups excluding carboxylic acids is 2. The summed E-state index contributed by atoms with van der Waals surface area (Å²) in [5, 5.41) is 0. The van der Waals surface area contributed by atoms with Crippen molar-refractivity contribution in [3.63, 3.8) is 0 Å². The van der Waals surface area contributed by atoms with E-state index < -0.39 is 0 Å². The molecule has 3 rings (SSSR count). The number of nitrogens with zero attached hydrogens (tertiary/aromatic N) is 4. The van der Waals surface area contributed by atoms with Crippen molar-refractivity contribution in [2.75, 3.05) is 33.8 Å². The topological polar surface area (TPSA) is 75.6 Å². The van der Waals surface area contributed by atoms with Gasteiger partial charge in [0.15, 0.2) is 0 Å². The summed E-state index contributed by atoms with van der Waals surface area (Å²) in [6, 6.07) is 0. The second-order valence-corrected chi connectivity index (χ2v) is 7.27. The molecule has 2 bridgehead atoms. The van der Waals surface area contributed by atoms with Gasteiger partial charge in [-0.25, -0.2) is 4.98 Å². The number of hydrogen-bond donors (Lipinski definition) is 0. The van der Waals surface area contributed by atoms with Crippen LogP contribution < -0.4 is 0 Å². The second-order valence-electron chi connectivity index (χ2n) is 7.27. The average molecular weight is 346 g/mol. The molecule has 2 unspecified atom stereocenters. The van der Waals surface area contributed by atoms with E-state index in [0.29, 0.717) is 18.8 Å². The van der Waals surface area contributed by atoms with Gasteiger partial charge in [-0.1, -0.05) is 6.42 Å². The smallest absolute Gasteiger partial charge is 0.274 e. The highest BCUT2D eigenvalue weighted by molar-refractivity contribution is 5.92. The molecule has 2 heterocycles. The molecule has 1 aromatic rings. The molecule has 1 aliphatic carbocycles. The Hall–Kier alpha value is -2.02. The van der Waals surface area contributed by atoms with E-state index in [0.717, 1.165) is 25.0 Å². The lowest BCUT2D eigenvalue weighted by molar-refractivity contribution is -0.143. The molecule has 2 fully saturated rings. The molecule has 7 heteroatoms. The predicted molar refractivity (Wildman–Crippen MR) is 91.9 cm³/mol. The fourth-order valence-electron chi connectivity index (χ4n) is 3.79. The summed E-state index contributed by atoms with van der Waals surface area (Å²) >= 11 is 0. The molecule has 2 aliphatic rings. The number of aryl methyl sites for hydroxylation is 1. The lowest BCUT2D eigenvalue weighted by Crippen LogP contribution is -2.54. The number of piperidine rings is 1.